The highest BCUT2D eigenvalue weighted by atomic mass is 32.3. The molecule has 0 fully saturated rings. The molecule has 0 atom stereocenters. The van der Waals surface area contributed by atoms with E-state index in [2.05, 4.69) is 0 Å². The van der Waals surface area contributed by atoms with E-state index in [4.69, 9.17) is 4.55 Å². The van der Waals surface area contributed by atoms with Crippen LogP contribution in [0.25, 0.3) is 11.1 Å². The second-order valence-electron chi connectivity index (χ2n) is 3.19. The number of thiophene rings is 1. The number of hydrogen-bond acceptors (Lipinski definition) is 3. The molecule has 0 saturated heterocycles. The monoisotopic (exact) mass is 276 g/mol. The van der Waals surface area contributed by atoms with Gasteiger partial charge in [0.15, 0.2) is 4.21 Å². The minimum Gasteiger partial charge on any atom is -0.281 e. The van der Waals surface area contributed by atoms with E-state index in [1.165, 1.54) is 17.5 Å². The molecular formula is C10H6F2O3S2. The highest BCUT2D eigenvalue weighted by molar-refractivity contribution is 7.88. The van der Waals surface area contributed by atoms with Gasteiger partial charge in [0.2, 0.25) is 0 Å². The largest absolute Gasteiger partial charge is 0.304 e. The van der Waals surface area contributed by atoms with Gasteiger partial charge in [-0.2, -0.15) is 8.42 Å². The first-order chi connectivity index (χ1) is 7.91. The van der Waals surface area contributed by atoms with Crippen molar-refractivity contribution in [2.45, 2.75) is 4.21 Å². The number of benzene rings is 1. The molecule has 0 aliphatic heterocycles. The Morgan fingerprint density at radius 3 is 2.24 bits per heavy atom. The van der Waals surface area contributed by atoms with E-state index in [0.717, 1.165) is 12.1 Å². The molecule has 0 saturated carbocycles. The lowest BCUT2D eigenvalue weighted by atomic mass is 10.1. The van der Waals surface area contributed by atoms with E-state index in [1.54, 1.807) is 0 Å². The summed E-state index contributed by atoms with van der Waals surface area (Å²) in [4.78, 5) is 0. The molecule has 7 heteroatoms. The third-order valence-corrected chi connectivity index (χ3v) is 4.41. The van der Waals surface area contributed by atoms with Gasteiger partial charge in [-0.25, -0.2) is 8.78 Å². The van der Waals surface area contributed by atoms with Crippen LogP contribution in [0.5, 0.6) is 0 Å². The second kappa shape index (κ2) is 4.17. The van der Waals surface area contributed by atoms with Crippen LogP contribution in [0.2, 0.25) is 0 Å². The van der Waals surface area contributed by atoms with Crippen LogP contribution in [0.3, 0.4) is 0 Å². The quantitative estimate of drug-likeness (QED) is 0.858. The van der Waals surface area contributed by atoms with Gasteiger partial charge in [-0.05, 0) is 23.6 Å². The van der Waals surface area contributed by atoms with Gasteiger partial charge in [-0.15, -0.1) is 11.3 Å². The first kappa shape index (κ1) is 12.2. The van der Waals surface area contributed by atoms with Gasteiger partial charge in [-0.3, -0.25) is 4.55 Å². The lowest BCUT2D eigenvalue weighted by molar-refractivity contribution is 0.485. The Hall–Kier alpha value is -1.31. The average Bonchev–Trinajstić information content (AvgIpc) is 2.65. The average molecular weight is 276 g/mol. The van der Waals surface area contributed by atoms with Crippen molar-refractivity contribution in [1.29, 1.82) is 0 Å². The Labute approximate surface area is 100 Å². The predicted molar refractivity (Wildman–Crippen MR) is 59.5 cm³/mol. The molecule has 1 heterocycles. The maximum absolute atomic E-state index is 13.5. The fraction of sp³-hybridized carbons (Fsp3) is 0. The fourth-order valence-corrected chi connectivity index (χ4v) is 3.16. The summed E-state index contributed by atoms with van der Waals surface area (Å²) in [5, 5.41) is 1.34. The van der Waals surface area contributed by atoms with Gasteiger partial charge < -0.3 is 0 Å². The van der Waals surface area contributed by atoms with Crippen molar-refractivity contribution >= 4 is 21.5 Å². The Morgan fingerprint density at radius 1 is 1.12 bits per heavy atom. The van der Waals surface area contributed by atoms with Crippen LogP contribution in [0.4, 0.5) is 8.78 Å². The number of halogens is 2. The topological polar surface area (TPSA) is 54.4 Å². The molecular weight excluding hydrogens is 270 g/mol. The highest BCUT2D eigenvalue weighted by Crippen LogP contribution is 2.34. The van der Waals surface area contributed by atoms with Gasteiger partial charge in [0.25, 0.3) is 0 Å². The summed E-state index contributed by atoms with van der Waals surface area (Å²) in [6.45, 7) is 0. The van der Waals surface area contributed by atoms with Crippen molar-refractivity contribution in [1.82, 2.24) is 0 Å². The van der Waals surface area contributed by atoms with Crippen molar-refractivity contribution in [2.75, 3.05) is 0 Å². The molecule has 2 aromatic rings. The molecule has 1 aromatic carbocycles. The summed E-state index contributed by atoms with van der Waals surface area (Å²) in [6.07, 6.45) is 0. The molecule has 3 nitrogen and oxygen atoms in total. The van der Waals surface area contributed by atoms with Crippen molar-refractivity contribution in [3.05, 3.63) is 41.3 Å². The predicted octanol–water partition coefficient (Wildman–Crippen LogP) is 2.94. The SMILES string of the molecule is O=S(=O)(O)c1sccc1-c1c(F)cccc1F. The Balaban J connectivity index is 2.75. The molecule has 17 heavy (non-hydrogen) atoms. The Bertz CT molecular complexity index is 642. The molecule has 1 aromatic heterocycles. The summed E-state index contributed by atoms with van der Waals surface area (Å²) in [5.74, 6) is -1.76. The van der Waals surface area contributed by atoms with Crippen LogP contribution in [-0.4, -0.2) is 13.0 Å². The van der Waals surface area contributed by atoms with Crippen molar-refractivity contribution in [2.24, 2.45) is 0 Å². The summed E-state index contributed by atoms with van der Waals surface area (Å²) in [6, 6.07) is 4.45. The van der Waals surface area contributed by atoms with E-state index in [-0.39, 0.29) is 5.56 Å². The van der Waals surface area contributed by atoms with E-state index < -0.39 is 31.5 Å². The second-order valence-corrected chi connectivity index (χ2v) is 5.73. The standard InChI is InChI=1S/C10H6F2O3S2/c11-7-2-1-3-8(12)9(7)6-4-5-16-10(6)17(13,14)15/h1-5H,(H,13,14,15). The third-order valence-electron chi connectivity index (χ3n) is 2.10. The first-order valence-electron chi connectivity index (χ1n) is 4.40. The van der Waals surface area contributed by atoms with Crippen LogP contribution in [-0.2, 0) is 10.1 Å². The lowest BCUT2D eigenvalue weighted by Gasteiger charge is -2.04. The third kappa shape index (κ3) is 2.21. The summed E-state index contributed by atoms with van der Waals surface area (Å²) >= 11 is 0.697. The van der Waals surface area contributed by atoms with E-state index >= 15 is 0 Å². The van der Waals surface area contributed by atoms with Gasteiger partial charge in [-0.1, -0.05) is 6.07 Å². The molecule has 90 valence electrons. The zero-order chi connectivity index (χ0) is 12.6. The van der Waals surface area contributed by atoms with Crippen LogP contribution in [0.1, 0.15) is 0 Å². The molecule has 0 bridgehead atoms. The van der Waals surface area contributed by atoms with Crippen LogP contribution in [0, 0.1) is 11.6 Å². The number of hydrogen-bond donors (Lipinski definition) is 1. The molecule has 1 N–H and O–H groups in total. The van der Waals surface area contributed by atoms with Crippen molar-refractivity contribution in [3.63, 3.8) is 0 Å². The normalized spacial score (nSPS) is 11.7. The van der Waals surface area contributed by atoms with Crippen LogP contribution >= 0.6 is 11.3 Å². The first-order valence-corrected chi connectivity index (χ1v) is 6.72. The molecule has 0 aliphatic carbocycles. The van der Waals surface area contributed by atoms with Gasteiger partial charge in [0.05, 0.1) is 5.56 Å². The van der Waals surface area contributed by atoms with Crippen molar-refractivity contribution in [3.8, 4) is 11.1 Å². The zero-order valence-corrected chi connectivity index (χ0v) is 9.86. The van der Waals surface area contributed by atoms with Gasteiger partial charge in [0.1, 0.15) is 11.6 Å². The molecule has 0 radical (unpaired) electrons. The molecule has 0 aliphatic rings. The Kier molecular flexibility index (Phi) is 2.98. The fourth-order valence-electron chi connectivity index (χ4n) is 1.44. The summed E-state index contributed by atoms with van der Waals surface area (Å²) < 4.78 is 57.5. The van der Waals surface area contributed by atoms with Crippen LogP contribution < -0.4 is 0 Å². The maximum Gasteiger partial charge on any atom is 0.304 e. The number of rotatable bonds is 2. The molecule has 2 rings (SSSR count). The minimum absolute atomic E-state index is 0.173. The Morgan fingerprint density at radius 2 is 1.71 bits per heavy atom. The summed E-state index contributed by atoms with van der Waals surface area (Å²) in [5.41, 5.74) is -0.630. The van der Waals surface area contributed by atoms with Gasteiger partial charge >= 0.3 is 10.1 Å². The summed E-state index contributed by atoms with van der Waals surface area (Å²) in [7, 11) is -4.49. The highest BCUT2D eigenvalue weighted by Gasteiger charge is 2.22. The lowest BCUT2D eigenvalue weighted by Crippen LogP contribution is -1.98. The maximum atomic E-state index is 13.5. The molecule has 0 unspecified atom stereocenters. The van der Waals surface area contributed by atoms with Crippen LogP contribution in [0.15, 0.2) is 33.9 Å². The zero-order valence-electron chi connectivity index (χ0n) is 8.22. The molecule has 0 amide bonds. The molecule has 0 spiro atoms. The smallest absolute Gasteiger partial charge is 0.281 e. The van der Waals surface area contributed by atoms with Crippen molar-refractivity contribution < 1.29 is 21.8 Å². The van der Waals surface area contributed by atoms with E-state index in [1.807, 2.05) is 0 Å². The minimum atomic E-state index is -4.49. The van der Waals surface area contributed by atoms with E-state index in [9.17, 15) is 17.2 Å². The van der Waals surface area contributed by atoms with E-state index in [0.29, 0.717) is 11.3 Å². The van der Waals surface area contributed by atoms with Gasteiger partial charge in [0, 0.05) is 5.56 Å².